The first kappa shape index (κ1) is 39.8. The number of benzene rings is 6. The third-order valence-electron chi connectivity index (χ3n) is 11.4. The molecule has 1 aliphatic heterocycles. The van der Waals surface area contributed by atoms with E-state index < -0.39 is 14.0 Å². The minimum atomic E-state index is -1.57. The number of pyridine rings is 2. The number of para-hydroxylation sites is 2. The van der Waals surface area contributed by atoms with E-state index in [1.54, 1.807) is 17.4 Å². The Morgan fingerprint density at radius 2 is 1.56 bits per heavy atom. The van der Waals surface area contributed by atoms with Crippen molar-refractivity contribution in [2.45, 2.75) is 52.5 Å². The number of rotatable bonds is 5. The van der Waals surface area contributed by atoms with Crippen LogP contribution in [0.3, 0.4) is 0 Å². The van der Waals surface area contributed by atoms with Gasteiger partial charge in [0, 0.05) is 51.5 Å². The number of aromatic nitrogens is 2. The summed E-state index contributed by atoms with van der Waals surface area (Å²) in [6, 6.07) is 47.5. The molecule has 0 aliphatic carbocycles. The predicted octanol–water partition coefficient (Wildman–Crippen LogP) is 15.3. The summed E-state index contributed by atoms with van der Waals surface area (Å²) < 4.78 is 25.2. The summed E-state index contributed by atoms with van der Waals surface area (Å²) in [7, 11) is -1.57. The Labute approximate surface area is 379 Å². The van der Waals surface area contributed by atoms with Crippen LogP contribution in [0.25, 0.3) is 67.8 Å². The Kier molecular flexibility index (Phi) is 10.6. The molecule has 0 amide bonds. The number of nitrogens with zero attached hydrogens (tertiary/aromatic N) is 4. The van der Waals surface area contributed by atoms with Crippen molar-refractivity contribution in [3.05, 3.63) is 174 Å². The molecule has 61 heavy (non-hydrogen) atoms. The van der Waals surface area contributed by atoms with Crippen LogP contribution >= 0.6 is 22.7 Å². The molecular formula is C52H42FIrN4S2Si. The minimum Gasteiger partial charge on any atom is -0.661 e. The van der Waals surface area contributed by atoms with Gasteiger partial charge in [-0.3, -0.25) is 4.39 Å². The van der Waals surface area contributed by atoms with Crippen molar-refractivity contribution in [3.63, 3.8) is 0 Å². The van der Waals surface area contributed by atoms with Gasteiger partial charge in [-0.1, -0.05) is 117 Å². The van der Waals surface area contributed by atoms with E-state index in [0.717, 1.165) is 44.0 Å². The van der Waals surface area contributed by atoms with E-state index in [4.69, 9.17) is 11.7 Å². The standard InChI is InChI=1S/C35H21N3S2.C17H21FNSi.Ir/c1-20-17-18-28(33-30(20)23-11-4-7-16-29(23)39-33)38-27-15-6-5-14-26(27)37-34(38)25-13-8-12-24-31-22-10-3-2-9-21(22)19-36-35(31)40-32(24)25;1-12(2)15-10-16(13-6-8-14(18)9-7-13)19-11-17(15)20(3,4)5;/h2-12,14-19,34H,1H3;6,8-12H,1-5H3;/q-2;-1;+3/i;12D;. The van der Waals surface area contributed by atoms with Gasteiger partial charge >= 0.3 is 20.1 Å². The molecule has 0 bridgehead atoms. The summed E-state index contributed by atoms with van der Waals surface area (Å²) in [5, 5.41) is 14.0. The zero-order chi connectivity index (χ0) is 42.2. The van der Waals surface area contributed by atoms with E-state index in [-0.39, 0.29) is 32.1 Å². The summed E-state index contributed by atoms with van der Waals surface area (Å²) >= 11 is 3.62. The van der Waals surface area contributed by atoms with Crippen molar-refractivity contribution >= 4 is 104 Å². The van der Waals surface area contributed by atoms with Crippen LogP contribution in [0.1, 0.15) is 44.0 Å². The van der Waals surface area contributed by atoms with E-state index in [0.29, 0.717) is 0 Å². The number of anilines is 2. The van der Waals surface area contributed by atoms with Crippen LogP contribution in [0.4, 0.5) is 21.5 Å². The van der Waals surface area contributed by atoms with E-state index >= 15 is 0 Å². The van der Waals surface area contributed by atoms with Crippen molar-refractivity contribution in [2.75, 3.05) is 4.90 Å². The summed E-state index contributed by atoms with van der Waals surface area (Å²) in [6.07, 6.45) is 3.66. The molecule has 1 atom stereocenters. The Hall–Kier alpha value is -5.28. The average molecular weight is 1030 g/mol. The first-order valence-corrected chi connectivity index (χ1v) is 25.3. The number of aryl methyl sites for hydroxylation is 1. The van der Waals surface area contributed by atoms with Crippen molar-refractivity contribution in [1.82, 2.24) is 9.97 Å². The topological polar surface area (TPSA) is 43.1 Å². The van der Waals surface area contributed by atoms with Gasteiger partial charge in [0.05, 0.1) is 18.5 Å². The molecule has 0 saturated heterocycles. The van der Waals surface area contributed by atoms with Gasteiger partial charge in [0.1, 0.15) is 4.83 Å². The quantitative estimate of drug-likeness (QED) is 0.127. The smallest absolute Gasteiger partial charge is 0.661 e. The van der Waals surface area contributed by atoms with Gasteiger partial charge in [0.2, 0.25) is 0 Å². The minimum absolute atomic E-state index is 0. The normalized spacial score (nSPS) is 14.2. The molecule has 0 fully saturated rings. The fourth-order valence-electron chi connectivity index (χ4n) is 8.48. The maximum Gasteiger partial charge on any atom is 3.00 e. The zero-order valence-corrected chi connectivity index (χ0v) is 39.6. The fraction of sp³-hybridized carbons (Fsp3) is 0.154. The molecule has 4 nitrogen and oxygen atoms in total. The third kappa shape index (κ3) is 7.26. The van der Waals surface area contributed by atoms with Crippen LogP contribution in [0, 0.1) is 24.9 Å². The summed E-state index contributed by atoms with van der Waals surface area (Å²) in [5.74, 6) is -0.994. The molecule has 11 rings (SSSR count). The van der Waals surface area contributed by atoms with E-state index in [9.17, 15) is 4.39 Å². The number of hydrogen-bond acceptors (Lipinski definition) is 5. The molecule has 0 saturated carbocycles. The fourth-order valence-corrected chi connectivity index (χ4v) is 12.5. The molecule has 9 heteroatoms. The van der Waals surface area contributed by atoms with Crippen molar-refractivity contribution < 1.29 is 25.9 Å². The molecule has 0 radical (unpaired) electrons. The maximum absolute atomic E-state index is 13.0. The van der Waals surface area contributed by atoms with Crippen molar-refractivity contribution in [3.8, 4) is 11.3 Å². The Morgan fingerprint density at radius 1 is 0.787 bits per heavy atom. The second-order valence-electron chi connectivity index (χ2n) is 16.6. The van der Waals surface area contributed by atoms with Gasteiger partial charge in [-0.05, 0) is 59.0 Å². The van der Waals surface area contributed by atoms with Gasteiger partial charge in [-0.15, -0.1) is 57.8 Å². The summed E-state index contributed by atoms with van der Waals surface area (Å²) in [4.78, 5) is 12.9. The van der Waals surface area contributed by atoms with Crippen LogP contribution < -0.4 is 10.1 Å². The van der Waals surface area contributed by atoms with E-state index in [1.165, 1.54) is 69.6 Å². The van der Waals surface area contributed by atoms with Gasteiger partial charge in [-0.25, -0.2) is 4.98 Å². The SMILES string of the molecule is Cc1ccc(N2c3ccccc3[N-]C2c2[c-]ccc3c2sc2ncc4ccccc4c23)c2sc3ccccc3c12.[2H]C(C)(C)c1cc(-c2[c-]cc(F)cc2)ncc1[Si](C)(C)C.[Ir+3]. The summed E-state index contributed by atoms with van der Waals surface area (Å²) in [6.45, 7) is 12.8. The van der Waals surface area contributed by atoms with Crippen LogP contribution in [0.15, 0.2) is 134 Å². The largest absolute Gasteiger partial charge is 3.00 e. The van der Waals surface area contributed by atoms with Crippen molar-refractivity contribution in [2.24, 2.45) is 0 Å². The van der Waals surface area contributed by atoms with Crippen LogP contribution in [-0.4, -0.2) is 18.0 Å². The molecular weight excluding hydrogens is 984 g/mol. The van der Waals surface area contributed by atoms with Gasteiger partial charge < -0.3 is 15.2 Å². The van der Waals surface area contributed by atoms with Crippen LogP contribution in [0.5, 0.6) is 0 Å². The molecule has 1 aliphatic rings. The molecule has 4 aromatic heterocycles. The molecule has 0 spiro atoms. The first-order chi connectivity index (χ1) is 29.3. The molecule has 302 valence electrons. The Morgan fingerprint density at radius 3 is 2.34 bits per heavy atom. The molecule has 1 unspecified atom stereocenters. The Bertz CT molecular complexity index is 3320. The second-order valence-corrected chi connectivity index (χ2v) is 23.7. The van der Waals surface area contributed by atoms with E-state index in [2.05, 4.69) is 146 Å². The number of fused-ring (bicyclic) bond motifs is 9. The van der Waals surface area contributed by atoms with E-state index in [1.807, 2.05) is 43.6 Å². The molecule has 5 heterocycles. The monoisotopic (exact) mass is 1030 g/mol. The predicted molar refractivity (Wildman–Crippen MR) is 257 cm³/mol. The molecule has 6 aromatic carbocycles. The van der Waals surface area contributed by atoms with Crippen LogP contribution in [-0.2, 0) is 20.1 Å². The number of thiophene rings is 2. The van der Waals surface area contributed by atoms with Crippen LogP contribution in [0.2, 0.25) is 19.6 Å². The van der Waals surface area contributed by atoms with Gasteiger partial charge in [0.15, 0.2) is 0 Å². The number of halogens is 1. The summed E-state index contributed by atoms with van der Waals surface area (Å²) in [5.41, 5.74) is 8.22. The zero-order valence-electron chi connectivity index (χ0n) is 35.6. The molecule has 10 aromatic rings. The third-order valence-corrected chi connectivity index (χ3v) is 15.7. The van der Waals surface area contributed by atoms with Gasteiger partial charge in [0.25, 0.3) is 0 Å². The van der Waals surface area contributed by atoms with Crippen molar-refractivity contribution in [1.29, 1.82) is 0 Å². The average Bonchev–Trinajstić information content (AvgIpc) is 3.96. The maximum atomic E-state index is 13.0. The second kappa shape index (κ2) is 16.2. The first-order valence-electron chi connectivity index (χ1n) is 20.6. The van der Waals surface area contributed by atoms with Gasteiger partial charge in [-0.2, -0.15) is 29.5 Å². The molecule has 0 N–H and O–H groups in total. The Balaban J connectivity index is 0.000000190. The number of hydrogen-bond donors (Lipinski definition) is 0.